The summed E-state index contributed by atoms with van der Waals surface area (Å²) in [5, 5.41) is 9.38. The van der Waals surface area contributed by atoms with Crippen molar-refractivity contribution in [3.8, 4) is 33.4 Å². The van der Waals surface area contributed by atoms with Gasteiger partial charge in [-0.2, -0.15) is 79.0 Å². The number of ether oxygens (including phenoxy) is 3. The van der Waals surface area contributed by atoms with Crippen molar-refractivity contribution >= 4 is 97.0 Å². The quantitative estimate of drug-likeness (QED) is 0.0222. The molecule has 12 aromatic rings. The average molecular weight is 2120 g/mol. The molecule has 24 nitrogen and oxygen atoms in total. The number of aromatic nitrogens is 6. The van der Waals surface area contributed by atoms with Gasteiger partial charge in [0.1, 0.15) is 65.1 Å². The molecule has 0 saturated carbocycles. The van der Waals surface area contributed by atoms with Gasteiger partial charge in [0.05, 0.1) is 87.4 Å². The fraction of sp³-hybridized carbons (Fsp3) is 0.347. The van der Waals surface area contributed by atoms with Gasteiger partial charge in [-0.1, -0.05) is 87.0 Å². The van der Waals surface area contributed by atoms with Crippen molar-refractivity contribution in [2.45, 2.75) is 173 Å². The number of anilines is 3. The van der Waals surface area contributed by atoms with Crippen LogP contribution in [0.2, 0.25) is 5.02 Å². The fourth-order valence-electron chi connectivity index (χ4n) is 17.5. The topological polar surface area (TPSA) is 289 Å². The van der Waals surface area contributed by atoms with Crippen molar-refractivity contribution in [2.75, 3.05) is 50.0 Å². The molecule has 0 saturated heterocycles. The van der Waals surface area contributed by atoms with Gasteiger partial charge in [0.15, 0.2) is 0 Å². The summed E-state index contributed by atoms with van der Waals surface area (Å²) in [5.74, 6) is -11.8. The van der Waals surface area contributed by atoms with E-state index in [1.165, 1.54) is 161 Å². The zero-order chi connectivity index (χ0) is 110. The number of halogens is 23. The Morgan fingerprint density at radius 2 is 0.838 bits per heavy atom. The summed E-state index contributed by atoms with van der Waals surface area (Å²) in [6.45, 7) is 9.26. The summed E-state index contributed by atoms with van der Waals surface area (Å²) in [6.07, 6.45) is -26.7. The summed E-state index contributed by atoms with van der Waals surface area (Å²) >= 11 is 6.18. The second-order valence-electron chi connectivity index (χ2n) is 34.5. The zero-order valence-electron chi connectivity index (χ0n) is 80.8. The SMILES string of the molecule is CC[C@@H](N(C)c1cc(F)c(C(=O)N[C@@H](Cc2ccc(-c3c(C(F)(F)F)cc(C)n(C)c3=O)c3ncccc23)C(=O)OC)c(Cl)c1)C(F)(F)F.CC[C@@H](N1CCCc2c1cc(F)c(C(=O)N[C@@H](Cc1ccc(-c3c(C(F)(F)F)cc(C)n(C)c3=O)c3ncccc13)C(=O)OC)c2F)C(F)(F)F.CC[C@@H](Nc1cc(F)c(C(=O)N[C@@H](Cc2ccc(-c3c(C(F)(F)F)cc(C)n(C)c3=O)c3ncccc23)C(=O)OC)cc1C)C(F)(F)F. The second-order valence-corrected chi connectivity index (χ2v) is 35.0. The largest absolute Gasteiger partial charge is 0.467 e. The van der Waals surface area contributed by atoms with Crippen molar-refractivity contribution in [2.24, 2.45) is 21.1 Å². The first-order chi connectivity index (χ1) is 69.1. The van der Waals surface area contributed by atoms with Crippen LogP contribution in [-0.4, -0.2) is 154 Å². The molecule has 148 heavy (non-hydrogen) atoms. The summed E-state index contributed by atoms with van der Waals surface area (Å²) in [4.78, 5) is 132. The number of nitrogens with one attached hydrogen (secondary N) is 4. The van der Waals surface area contributed by atoms with Crippen LogP contribution in [0.25, 0.3) is 66.1 Å². The van der Waals surface area contributed by atoms with Crippen molar-refractivity contribution in [3.05, 3.63) is 278 Å². The molecule has 6 atom stereocenters. The molecule has 0 bridgehead atoms. The van der Waals surface area contributed by atoms with Crippen LogP contribution in [0.4, 0.5) is 114 Å². The van der Waals surface area contributed by atoms with Gasteiger partial charge in [-0.25, -0.2) is 31.9 Å². The summed E-state index contributed by atoms with van der Waals surface area (Å²) < 4.78 is 328. The van der Waals surface area contributed by atoms with E-state index in [4.69, 9.17) is 25.8 Å². The van der Waals surface area contributed by atoms with Gasteiger partial charge >= 0.3 is 55.0 Å². The van der Waals surface area contributed by atoms with E-state index in [2.05, 4.69) is 36.2 Å². The highest BCUT2D eigenvalue weighted by atomic mass is 35.5. The lowest BCUT2D eigenvalue weighted by Crippen LogP contribution is -2.48. The van der Waals surface area contributed by atoms with Gasteiger partial charge in [-0.05, 0) is 149 Å². The Balaban J connectivity index is 0.000000211. The van der Waals surface area contributed by atoms with Gasteiger partial charge < -0.3 is 59.0 Å². The molecular weight excluding hydrogens is 2030 g/mol. The Labute approximate surface area is 832 Å². The van der Waals surface area contributed by atoms with Gasteiger partial charge in [-0.3, -0.25) is 43.7 Å². The van der Waals surface area contributed by atoms with Crippen LogP contribution in [0.5, 0.6) is 0 Å². The van der Waals surface area contributed by atoms with Crippen molar-refractivity contribution in [3.63, 3.8) is 0 Å². The van der Waals surface area contributed by atoms with Gasteiger partial charge in [0, 0.05) is 145 Å². The highest BCUT2D eigenvalue weighted by Crippen LogP contribution is 2.46. The number of carbonyl (C=O) groups excluding carboxylic acids is 6. The number of esters is 3. The number of nitrogens with zero attached hydrogens (tertiary/aromatic N) is 8. The van der Waals surface area contributed by atoms with Gasteiger partial charge in [0.2, 0.25) is 0 Å². The number of aryl methyl sites for hydroxylation is 4. The first kappa shape index (κ1) is 114. The van der Waals surface area contributed by atoms with E-state index in [-0.39, 0.29) is 152 Å². The monoisotopic (exact) mass is 2120 g/mol. The Morgan fingerprint density at radius 1 is 0.459 bits per heavy atom. The fourth-order valence-corrected chi connectivity index (χ4v) is 17.7. The van der Waals surface area contributed by atoms with Crippen LogP contribution in [0.15, 0.2) is 154 Å². The van der Waals surface area contributed by atoms with Gasteiger partial charge in [0.25, 0.3) is 34.4 Å². The number of benzene rings is 6. The highest BCUT2D eigenvalue weighted by molar-refractivity contribution is 6.34. The zero-order valence-corrected chi connectivity index (χ0v) is 81.5. The lowest BCUT2D eigenvalue weighted by atomic mass is 9.93. The first-order valence-corrected chi connectivity index (χ1v) is 45.3. The Morgan fingerprint density at radius 3 is 1.18 bits per heavy atom. The predicted octanol–water partition coefficient (Wildman–Crippen LogP) is 20.5. The van der Waals surface area contributed by atoms with Gasteiger partial charge in [-0.15, -0.1) is 0 Å². The standard InChI is InChI=1S/C35H32F8N4O4.C33H30ClF7N4O4.C33H31F7N4O4/c1-5-26(35(41,42)43)47-13-7-9-20-25(47)16-23(36)28(29(20)37)31(48)45-24(33(50)51-4)15-18-10-11-21(30-19(18)8-6-12-44-30)27-22(34(38,39)40)14-17(2)46(3)32(27)49;1-6-25(33(39,40)41)45(4)18-14-22(34)27(23(35)15-18)29(46)43-24(31(48)49-5)13-17-9-10-20(28-19(17)8-7-11-42-28)26-21(32(36,37)38)12-16(2)44(3)30(26)47;1-6-26(33(38,39)40)42-24-15-23(34)21(12-16(24)2)29(45)43-25(31(47)48-5)14-18-9-10-20(28-19(18)8-7-11-41-28)27-22(32(35,36)37)13-17(3)44(4)30(27)46/h6,8,10-12,14,16,24,26H,5,7,9,13,15H2,1-4H3,(H,45,48);7-12,14-15,24-25H,6,13H2,1-5H3,(H,43,46);7-13,15,25-26,42H,6,14H2,1-5H3,(H,43,45)/t24-,26+;24-,25+;25-,26+/m000/s1. The van der Waals surface area contributed by atoms with Crippen LogP contribution >= 0.6 is 11.6 Å². The average Bonchev–Trinajstić information content (AvgIpc) is 0.759. The molecule has 0 spiro atoms. The van der Waals surface area contributed by atoms with Crippen molar-refractivity contribution < 1.29 is 140 Å². The molecule has 0 radical (unpaired) electrons. The lowest BCUT2D eigenvalue weighted by molar-refractivity contribution is -0.150. The molecule has 13 rings (SSSR count). The van der Waals surface area contributed by atoms with E-state index < -0.39 is 210 Å². The van der Waals surface area contributed by atoms with E-state index in [1.54, 1.807) is 0 Å². The molecule has 1 aliphatic rings. The summed E-state index contributed by atoms with van der Waals surface area (Å²) in [5.41, 5.74) is -10.7. The molecule has 6 aromatic heterocycles. The molecule has 7 heterocycles. The Hall–Kier alpha value is -14.6. The normalized spacial score (nSPS) is 13.7. The number of carbonyl (C=O) groups is 6. The highest BCUT2D eigenvalue weighted by Gasteiger charge is 2.48. The number of hydrogen-bond acceptors (Lipinski definition) is 18. The predicted molar refractivity (Wildman–Crippen MR) is 504 cm³/mol. The third-order valence-electron chi connectivity index (χ3n) is 25.3. The number of amides is 3. The van der Waals surface area contributed by atoms with Crippen LogP contribution in [0, 0.1) is 51.0 Å². The Bertz CT molecular complexity index is 7320. The lowest BCUT2D eigenvalue weighted by Gasteiger charge is -2.38. The molecule has 6 aromatic carbocycles. The molecule has 0 fully saturated rings. The van der Waals surface area contributed by atoms with E-state index in [0.29, 0.717) is 23.3 Å². The maximum Gasteiger partial charge on any atom is 0.417 e. The summed E-state index contributed by atoms with van der Waals surface area (Å²) in [7, 11) is 8.17. The molecule has 1 aliphatic heterocycles. The minimum absolute atomic E-state index is 0.000525. The Kier molecular flexibility index (Phi) is 34.6. The maximum absolute atomic E-state index is 15.8. The molecule has 47 heteroatoms. The minimum atomic E-state index is -4.90. The molecule has 3 amide bonds. The summed E-state index contributed by atoms with van der Waals surface area (Å²) in [6, 6.07) is 13.0. The molecule has 4 N–H and O–H groups in total. The molecular formula is C101H93ClF22N12O12. The van der Waals surface area contributed by atoms with E-state index >= 15 is 17.6 Å². The third kappa shape index (κ3) is 24.3. The minimum Gasteiger partial charge on any atom is -0.467 e. The van der Waals surface area contributed by atoms with E-state index in [1.807, 2.05) is 0 Å². The third-order valence-corrected chi connectivity index (χ3v) is 25.6. The number of pyridine rings is 6. The maximum atomic E-state index is 15.8. The number of rotatable bonds is 26. The smallest absolute Gasteiger partial charge is 0.417 e. The molecule has 0 aliphatic carbocycles. The van der Waals surface area contributed by atoms with E-state index in [9.17, 15) is 122 Å². The van der Waals surface area contributed by atoms with Crippen LogP contribution in [0.3, 0.4) is 0 Å². The second kappa shape index (κ2) is 45.0. The first-order valence-electron chi connectivity index (χ1n) is 45.0. The van der Waals surface area contributed by atoms with Crippen LogP contribution in [0.1, 0.15) is 139 Å². The number of alkyl halides is 18. The molecule has 790 valence electrons. The van der Waals surface area contributed by atoms with Crippen LogP contribution in [-0.2, 0) is 93.9 Å². The number of fused-ring (bicyclic) bond motifs is 4. The van der Waals surface area contributed by atoms with Crippen LogP contribution < -0.4 is 47.7 Å². The van der Waals surface area contributed by atoms with Crippen molar-refractivity contribution in [1.82, 2.24) is 44.6 Å². The van der Waals surface area contributed by atoms with E-state index in [0.717, 1.165) is 88.3 Å². The van der Waals surface area contributed by atoms with Crippen molar-refractivity contribution in [1.29, 1.82) is 0 Å². The number of methoxy groups -OCH3 is 3. The molecule has 0 unspecified atom stereocenters. The number of hydrogen-bond donors (Lipinski definition) is 4.